The molecule has 1 aromatic carbocycles. The number of aromatic nitrogens is 1. The van der Waals surface area contributed by atoms with Crippen molar-refractivity contribution >= 4 is 17.4 Å². The van der Waals surface area contributed by atoms with Crippen LogP contribution in [0.4, 0.5) is 11.5 Å². The van der Waals surface area contributed by atoms with Crippen molar-refractivity contribution in [1.82, 2.24) is 10.3 Å². The fraction of sp³-hybridized carbons (Fsp3) is 0.250. The van der Waals surface area contributed by atoms with Crippen molar-refractivity contribution in [2.75, 3.05) is 12.3 Å². The molecule has 8 heteroatoms. The quantitative estimate of drug-likeness (QED) is 0.658. The van der Waals surface area contributed by atoms with Gasteiger partial charge in [-0.1, -0.05) is 18.2 Å². The second-order valence-corrected chi connectivity index (χ2v) is 5.44. The van der Waals surface area contributed by atoms with E-state index in [1.54, 1.807) is 0 Å². The summed E-state index contributed by atoms with van der Waals surface area (Å²) in [5.74, 6) is 0.0822. The summed E-state index contributed by atoms with van der Waals surface area (Å²) in [5, 5.41) is 13.8. The average Bonchev–Trinajstić information content (AvgIpc) is 2.77. The van der Waals surface area contributed by atoms with Crippen molar-refractivity contribution in [3.8, 4) is 5.75 Å². The van der Waals surface area contributed by atoms with Crippen molar-refractivity contribution in [3.05, 3.63) is 57.8 Å². The number of hydrogen-bond acceptors (Lipinski definition) is 6. The predicted molar refractivity (Wildman–Crippen MR) is 86.7 cm³/mol. The molecule has 0 radical (unpaired) electrons. The fourth-order valence-electron chi connectivity index (χ4n) is 2.65. The zero-order chi connectivity index (χ0) is 17.1. The molecule has 3 N–H and O–H groups in total. The number of carbonyl (C=O) groups is 1. The summed E-state index contributed by atoms with van der Waals surface area (Å²) in [4.78, 5) is 26.5. The standard InChI is InChI=1S/C16H16N4O4/c17-15-13(20(22)23)8-10(9-18-15)16(21)19-12-5-3-7-24-14-6-2-1-4-11(12)14/h1-2,4,6,8-9,12H,3,5,7H2,(H2,17,18)(H,19,21). The highest BCUT2D eigenvalue weighted by Crippen LogP contribution is 2.31. The van der Waals surface area contributed by atoms with E-state index in [2.05, 4.69) is 10.3 Å². The van der Waals surface area contributed by atoms with Crippen molar-refractivity contribution < 1.29 is 14.5 Å². The van der Waals surface area contributed by atoms with E-state index in [1.807, 2.05) is 24.3 Å². The molecule has 1 unspecified atom stereocenters. The minimum atomic E-state index is -0.659. The van der Waals surface area contributed by atoms with Gasteiger partial charge in [-0.05, 0) is 18.9 Å². The number of carbonyl (C=O) groups excluding carboxylic acids is 1. The van der Waals surface area contributed by atoms with E-state index in [0.29, 0.717) is 13.0 Å². The maximum atomic E-state index is 12.5. The van der Waals surface area contributed by atoms with Gasteiger partial charge in [0, 0.05) is 17.8 Å². The van der Waals surface area contributed by atoms with Gasteiger partial charge < -0.3 is 15.8 Å². The number of rotatable bonds is 3. The Hall–Kier alpha value is -3.16. The van der Waals surface area contributed by atoms with Crippen molar-refractivity contribution in [2.24, 2.45) is 0 Å². The smallest absolute Gasteiger partial charge is 0.311 e. The van der Waals surface area contributed by atoms with Gasteiger partial charge >= 0.3 is 5.69 Å². The van der Waals surface area contributed by atoms with Crippen LogP contribution in [0.3, 0.4) is 0 Å². The van der Waals surface area contributed by atoms with Gasteiger partial charge in [-0.2, -0.15) is 0 Å². The lowest BCUT2D eigenvalue weighted by Gasteiger charge is -2.18. The first-order chi connectivity index (χ1) is 11.6. The van der Waals surface area contributed by atoms with E-state index in [-0.39, 0.29) is 23.1 Å². The minimum absolute atomic E-state index is 0.0959. The van der Waals surface area contributed by atoms with E-state index in [0.717, 1.165) is 23.8 Å². The minimum Gasteiger partial charge on any atom is -0.493 e. The van der Waals surface area contributed by atoms with Gasteiger partial charge in [-0.3, -0.25) is 14.9 Å². The summed E-state index contributed by atoms with van der Waals surface area (Å²) >= 11 is 0. The average molecular weight is 328 g/mol. The molecule has 0 saturated carbocycles. The summed E-state index contributed by atoms with van der Waals surface area (Å²) in [5.41, 5.74) is 6.06. The lowest BCUT2D eigenvalue weighted by Crippen LogP contribution is -2.28. The Morgan fingerprint density at radius 1 is 1.42 bits per heavy atom. The number of fused-ring (bicyclic) bond motifs is 1. The molecule has 0 spiro atoms. The van der Waals surface area contributed by atoms with Crippen LogP contribution in [0, 0.1) is 10.1 Å². The van der Waals surface area contributed by atoms with E-state index < -0.39 is 10.8 Å². The van der Waals surface area contributed by atoms with Crippen molar-refractivity contribution in [1.29, 1.82) is 0 Å². The van der Waals surface area contributed by atoms with Gasteiger partial charge in [0.15, 0.2) is 0 Å². The Morgan fingerprint density at radius 2 is 2.21 bits per heavy atom. The molecule has 2 aromatic rings. The first kappa shape index (κ1) is 15.7. The van der Waals surface area contributed by atoms with Crippen LogP contribution in [0.15, 0.2) is 36.5 Å². The molecule has 1 aromatic heterocycles. The Morgan fingerprint density at radius 3 is 3.00 bits per heavy atom. The zero-order valence-electron chi connectivity index (χ0n) is 12.8. The topological polar surface area (TPSA) is 120 Å². The second kappa shape index (κ2) is 6.53. The van der Waals surface area contributed by atoms with Gasteiger partial charge in [0.2, 0.25) is 5.82 Å². The van der Waals surface area contributed by atoms with Crippen LogP contribution in [-0.4, -0.2) is 22.4 Å². The third kappa shape index (κ3) is 3.12. The molecule has 2 heterocycles. The monoisotopic (exact) mass is 328 g/mol. The Labute approximate surface area is 137 Å². The molecule has 24 heavy (non-hydrogen) atoms. The molecule has 1 aliphatic rings. The Balaban J connectivity index is 1.85. The van der Waals surface area contributed by atoms with Gasteiger partial charge in [-0.25, -0.2) is 4.98 Å². The summed E-state index contributed by atoms with van der Waals surface area (Å²) in [6.07, 6.45) is 2.74. The number of ether oxygens (including phenoxy) is 1. The van der Waals surface area contributed by atoms with Gasteiger partial charge in [0.1, 0.15) is 5.75 Å². The number of hydrogen-bond donors (Lipinski definition) is 2. The molecule has 0 bridgehead atoms. The van der Waals surface area contributed by atoms with Crippen LogP contribution in [0.25, 0.3) is 0 Å². The van der Waals surface area contributed by atoms with Gasteiger partial charge in [0.05, 0.1) is 23.1 Å². The SMILES string of the molecule is Nc1ncc(C(=O)NC2CCCOc3ccccc32)cc1[N+](=O)[O-]. The van der Waals surface area contributed by atoms with Gasteiger partial charge in [-0.15, -0.1) is 0 Å². The Kier molecular flexibility index (Phi) is 4.28. The number of pyridine rings is 1. The van der Waals surface area contributed by atoms with Crippen LogP contribution < -0.4 is 15.8 Å². The summed E-state index contributed by atoms with van der Waals surface area (Å²) in [6, 6.07) is 8.41. The van der Waals surface area contributed by atoms with E-state index in [9.17, 15) is 14.9 Å². The van der Waals surface area contributed by atoms with Crippen LogP contribution >= 0.6 is 0 Å². The number of para-hydroxylation sites is 1. The highest BCUT2D eigenvalue weighted by atomic mass is 16.6. The number of nitrogen functional groups attached to an aromatic ring is 1. The van der Waals surface area contributed by atoms with E-state index in [4.69, 9.17) is 10.5 Å². The largest absolute Gasteiger partial charge is 0.493 e. The van der Waals surface area contributed by atoms with Crippen molar-refractivity contribution in [2.45, 2.75) is 18.9 Å². The molecule has 0 saturated heterocycles. The molecule has 8 nitrogen and oxygen atoms in total. The number of nitrogens with zero attached hydrogens (tertiary/aromatic N) is 2. The molecular formula is C16H16N4O4. The normalized spacial score (nSPS) is 16.4. The first-order valence-corrected chi connectivity index (χ1v) is 7.49. The van der Waals surface area contributed by atoms with Crippen LogP contribution in [0.5, 0.6) is 5.75 Å². The maximum absolute atomic E-state index is 12.5. The molecule has 0 fully saturated rings. The Bertz CT molecular complexity index is 793. The molecule has 1 atom stereocenters. The summed E-state index contributed by atoms with van der Waals surface area (Å²) < 4.78 is 5.66. The molecule has 0 aliphatic carbocycles. The van der Waals surface area contributed by atoms with Crippen LogP contribution in [0.1, 0.15) is 34.8 Å². The highest BCUT2D eigenvalue weighted by Gasteiger charge is 2.23. The lowest BCUT2D eigenvalue weighted by atomic mass is 10.0. The number of benzene rings is 1. The van der Waals surface area contributed by atoms with E-state index in [1.165, 1.54) is 6.20 Å². The zero-order valence-corrected chi connectivity index (χ0v) is 12.8. The lowest BCUT2D eigenvalue weighted by molar-refractivity contribution is -0.384. The van der Waals surface area contributed by atoms with Gasteiger partial charge in [0.25, 0.3) is 5.91 Å². The number of nitrogens with one attached hydrogen (secondary N) is 1. The number of nitro groups is 1. The molecule has 3 rings (SSSR count). The summed E-state index contributed by atoms with van der Waals surface area (Å²) in [6.45, 7) is 0.582. The first-order valence-electron chi connectivity index (χ1n) is 7.49. The maximum Gasteiger partial charge on any atom is 0.311 e. The fourth-order valence-corrected chi connectivity index (χ4v) is 2.65. The highest BCUT2D eigenvalue weighted by molar-refractivity contribution is 5.95. The van der Waals surface area contributed by atoms with Crippen molar-refractivity contribution in [3.63, 3.8) is 0 Å². The molecule has 124 valence electrons. The van der Waals surface area contributed by atoms with E-state index >= 15 is 0 Å². The molecule has 1 amide bonds. The number of amides is 1. The second-order valence-electron chi connectivity index (χ2n) is 5.44. The molecule has 1 aliphatic heterocycles. The third-order valence-corrected chi connectivity index (χ3v) is 3.85. The van der Waals surface area contributed by atoms with Crippen LogP contribution in [-0.2, 0) is 0 Å². The third-order valence-electron chi connectivity index (χ3n) is 3.85. The van der Waals surface area contributed by atoms with Crippen LogP contribution in [0.2, 0.25) is 0 Å². The number of anilines is 1. The number of nitrogens with two attached hydrogens (primary N) is 1. The summed E-state index contributed by atoms with van der Waals surface area (Å²) in [7, 11) is 0. The predicted octanol–water partition coefficient (Wildman–Crippen LogP) is 2.22. The molecular weight excluding hydrogens is 312 g/mol.